The van der Waals surface area contributed by atoms with Crippen LogP contribution < -0.4 is 0 Å². The van der Waals surface area contributed by atoms with Crippen LogP contribution in [0, 0.1) is 0 Å². The molecule has 1 aromatic rings. The number of ether oxygens (including phenoxy) is 1. The Hall–Kier alpha value is -2.29. The van der Waals surface area contributed by atoms with Crippen LogP contribution in [0.4, 0.5) is 18.0 Å². The van der Waals surface area contributed by atoms with Crippen LogP contribution in [0.1, 0.15) is 50.8 Å². The second-order valence-corrected chi connectivity index (χ2v) is 9.14. The molecule has 1 aromatic carbocycles. The summed E-state index contributed by atoms with van der Waals surface area (Å²) in [7, 11) is 0. The van der Waals surface area contributed by atoms with Crippen molar-refractivity contribution in [1.29, 1.82) is 0 Å². The van der Waals surface area contributed by atoms with Gasteiger partial charge in [0.05, 0.1) is 6.04 Å². The van der Waals surface area contributed by atoms with E-state index in [9.17, 15) is 22.8 Å². The molecular weight excluding hydrogens is 411 g/mol. The SMILES string of the molecule is CC(C)(C)OC(=O)N1CCN(Cc2ccc(C3CCCN3C(=O)C(F)(F)F)cc2)CC1. The highest BCUT2D eigenvalue weighted by Gasteiger charge is 2.46. The molecule has 31 heavy (non-hydrogen) atoms. The molecule has 172 valence electrons. The fraction of sp³-hybridized carbons (Fsp3) is 0.636. The van der Waals surface area contributed by atoms with Crippen LogP contribution in [0.15, 0.2) is 24.3 Å². The number of hydrogen-bond donors (Lipinski definition) is 0. The van der Waals surface area contributed by atoms with Gasteiger partial charge in [0.15, 0.2) is 0 Å². The molecule has 0 bridgehead atoms. The molecule has 9 heteroatoms. The molecule has 0 aromatic heterocycles. The second kappa shape index (κ2) is 9.06. The standard InChI is InChI=1S/C22H30F3N3O3/c1-21(2,3)31-20(30)27-13-11-26(12-14-27)15-16-6-8-17(9-7-16)18-5-4-10-28(18)19(29)22(23,24)25/h6-9,18H,4-5,10-15H2,1-3H3. The average Bonchev–Trinajstić information content (AvgIpc) is 3.16. The van der Waals surface area contributed by atoms with E-state index in [4.69, 9.17) is 4.74 Å². The van der Waals surface area contributed by atoms with E-state index in [0.29, 0.717) is 32.5 Å². The van der Waals surface area contributed by atoms with E-state index >= 15 is 0 Å². The highest BCUT2D eigenvalue weighted by Crippen LogP contribution is 2.35. The Morgan fingerprint density at radius 2 is 1.61 bits per heavy atom. The number of amides is 2. The average molecular weight is 441 g/mol. The quantitative estimate of drug-likeness (QED) is 0.713. The third-order valence-corrected chi connectivity index (χ3v) is 5.55. The summed E-state index contributed by atoms with van der Waals surface area (Å²) in [5.74, 6) is -1.76. The van der Waals surface area contributed by atoms with Gasteiger partial charge in [0.2, 0.25) is 0 Å². The number of likely N-dealkylation sites (tertiary alicyclic amines) is 1. The van der Waals surface area contributed by atoms with Crippen molar-refractivity contribution < 1.29 is 27.5 Å². The van der Waals surface area contributed by atoms with Gasteiger partial charge in [-0.05, 0) is 44.7 Å². The molecule has 2 aliphatic rings. The van der Waals surface area contributed by atoms with Gasteiger partial charge in [-0.3, -0.25) is 9.69 Å². The number of hydrogen-bond acceptors (Lipinski definition) is 4. The van der Waals surface area contributed by atoms with E-state index in [0.717, 1.165) is 29.1 Å². The van der Waals surface area contributed by atoms with Crippen LogP contribution in [-0.2, 0) is 16.1 Å². The van der Waals surface area contributed by atoms with E-state index in [1.165, 1.54) is 0 Å². The Morgan fingerprint density at radius 1 is 1.00 bits per heavy atom. The second-order valence-electron chi connectivity index (χ2n) is 9.14. The number of rotatable bonds is 3. The predicted molar refractivity (Wildman–Crippen MR) is 109 cm³/mol. The first-order valence-electron chi connectivity index (χ1n) is 10.6. The Bertz CT molecular complexity index is 782. The number of halogens is 3. The van der Waals surface area contributed by atoms with Crippen LogP contribution in [0.3, 0.4) is 0 Å². The summed E-state index contributed by atoms with van der Waals surface area (Å²) in [6.07, 6.45) is -4.04. The zero-order valence-corrected chi connectivity index (χ0v) is 18.2. The van der Waals surface area contributed by atoms with Gasteiger partial charge in [-0.15, -0.1) is 0 Å². The maximum Gasteiger partial charge on any atom is 0.471 e. The molecule has 2 saturated heterocycles. The van der Waals surface area contributed by atoms with E-state index in [-0.39, 0.29) is 12.6 Å². The summed E-state index contributed by atoms with van der Waals surface area (Å²) in [5, 5.41) is 0. The van der Waals surface area contributed by atoms with Gasteiger partial charge < -0.3 is 14.5 Å². The van der Waals surface area contributed by atoms with Gasteiger partial charge in [-0.1, -0.05) is 24.3 Å². The summed E-state index contributed by atoms with van der Waals surface area (Å²) in [4.78, 5) is 28.7. The molecule has 0 radical (unpaired) electrons. The summed E-state index contributed by atoms with van der Waals surface area (Å²) in [6.45, 7) is 8.96. The summed E-state index contributed by atoms with van der Waals surface area (Å²) >= 11 is 0. The highest BCUT2D eigenvalue weighted by molar-refractivity contribution is 5.82. The third-order valence-electron chi connectivity index (χ3n) is 5.55. The summed E-state index contributed by atoms with van der Waals surface area (Å²) < 4.78 is 43.9. The van der Waals surface area contributed by atoms with Crippen LogP contribution >= 0.6 is 0 Å². The number of carbonyl (C=O) groups excluding carboxylic acids is 2. The van der Waals surface area contributed by atoms with Gasteiger partial charge in [0, 0.05) is 39.3 Å². The minimum Gasteiger partial charge on any atom is -0.444 e. The molecule has 0 saturated carbocycles. The fourth-order valence-corrected chi connectivity index (χ4v) is 4.04. The zero-order valence-electron chi connectivity index (χ0n) is 18.2. The lowest BCUT2D eigenvalue weighted by molar-refractivity contribution is -0.186. The highest BCUT2D eigenvalue weighted by atomic mass is 19.4. The van der Waals surface area contributed by atoms with Crippen molar-refractivity contribution in [1.82, 2.24) is 14.7 Å². The molecule has 0 N–H and O–H groups in total. The van der Waals surface area contributed by atoms with Crippen LogP contribution in [0.25, 0.3) is 0 Å². The maximum atomic E-state index is 12.8. The van der Waals surface area contributed by atoms with Crippen molar-refractivity contribution >= 4 is 12.0 Å². The number of alkyl halides is 3. The summed E-state index contributed by atoms with van der Waals surface area (Å²) in [5.41, 5.74) is 1.25. The fourth-order valence-electron chi connectivity index (χ4n) is 4.04. The van der Waals surface area contributed by atoms with Gasteiger partial charge in [0.25, 0.3) is 0 Å². The molecule has 3 rings (SSSR count). The van der Waals surface area contributed by atoms with Crippen molar-refractivity contribution in [3.8, 4) is 0 Å². The molecule has 6 nitrogen and oxygen atoms in total. The molecule has 2 aliphatic heterocycles. The first kappa shape index (κ1) is 23.4. The van der Waals surface area contributed by atoms with Gasteiger partial charge in [0.1, 0.15) is 5.60 Å². The topological polar surface area (TPSA) is 53.1 Å². The number of carbonyl (C=O) groups is 2. The molecule has 2 fully saturated rings. The first-order valence-corrected chi connectivity index (χ1v) is 10.6. The first-order chi connectivity index (χ1) is 14.4. The van der Waals surface area contributed by atoms with Crippen molar-refractivity contribution in [3.63, 3.8) is 0 Å². The minimum atomic E-state index is -4.84. The lowest BCUT2D eigenvalue weighted by Crippen LogP contribution is -2.49. The smallest absolute Gasteiger partial charge is 0.444 e. The molecule has 2 heterocycles. The zero-order chi connectivity index (χ0) is 22.8. The monoisotopic (exact) mass is 441 g/mol. The van der Waals surface area contributed by atoms with E-state index in [1.54, 1.807) is 4.90 Å². The van der Waals surface area contributed by atoms with E-state index in [2.05, 4.69) is 4.90 Å². The van der Waals surface area contributed by atoms with Crippen molar-refractivity contribution in [3.05, 3.63) is 35.4 Å². The van der Waals surface area contributed by atoms with Crippen LogP contribution in [0.2, 0.25) is 0 Å². The van der Waals surface area contributed by atoms with Gasteiger partial charge >= 0.3 is 18.2 Å². The predicted octanol–water partition coefficient (Wildman–Crippen LogP) is 3.97. The lowest BCUT2D eigenvalue weighted by Gasteiger charge is -2.35. The Labute approximate surface area is 180 Å². The third kappa shape index (κ3) is 6.12. The lowest BCUT2D eigenvalue weighted by atomic mass is 10.0. The molecule has 0 aliphatic carbocycles. The van der Waals surface area contributed by atoms with Crippen molar-refractivity contribution in [2.75, 3.05) is 32.7 Å². The normalized spacial score (nSPS) is 20.8. The Morgan fingerprint density at radius 3 is 2.16 bits per heavy atom. The van der Waals surface area contributed by atoms with Gasteiger partial charge in [-0.25, -0.2) is 4.79 Å². The molecule has 1 atom stereocenters. The Balaban J connectivity index is 1.54. The largest absolute Gasteiger partial charge is 0.471 e. The van der Waals surface area contributed by atoms with Crippen LogP contribution in [-0.4, -0.2) is 71.2 Å². The van der Waals surface area contributed by atoms with E-state index < -0.39 is 23.7 Å². The molecule has 1 unspecified atom stereocenters. The maximum absolute atomic E-state index is 12.8. The van der Waals surface area contributed by atoms with Crippen LogP contribution in [0.5, 0.6) is 0 Å². The van der Waals surface area contributed by atoms with Gasteiger partial charge in [-0.2, -0.15) is 13.2 Å². The number of benzene rings is 1. The Kier molecular flexibility index (Phi) is 6.83. The molecule has 2 amide bonds. The minimum absolute atomic E-state index is 0.132. The van der Waals surface area contributed by atoms with E-state index in [1.807, 2.05) is 45.0 Å². The number of piperazine rings is 1. The molecular formula is C22H30F3N3O3. The molecule has 0 spiro atoms. The summed E-state index contributed by atoms with van der Waals surface area (Å²) in [6, 6.07) is 6.92. The van der Waals surface area contributed by atoms with Crippen molar-refractivity contribution in [2.45, 2.75) is 58.0 Å². The van der Waals surface area contributed by atoms with Crippen molar-refractivity contribution in [2.24, 2.45) is 0 Å². The number of nitrogens with zero attached hydrogens (tertiary/aromatic N) is 3.